The molecule has 0 radical (unpaired) electrons. The Morgan fingerprint density at radius 2 is 1.80 bits per heavy atom. The van der Waals surface area contributed by atoms with Gasteiger partial charge < -0.3 is 5.32 Å². The number of nitrogens with zero attached hydrogens (tertiary/aromatic N) is 3. The Bertz CT molecular complexity index is 1060. The van der Waals surface area contributed by atoms with Gasteiger partial charge in [-0.3, -0.25) is 9.78 Å². The Balaban J connectivity index is 1.75. The number of nitrogens with one attached hydrogen (secondary N) is 1. The normalized spacial score (nSPS) is 11.4. The second kappa shape index (κ2) is 10.2. The highest BCUT2D eigenvalue weighted by Gasteiger charge is 2.18. The maximum absolute atomic E-state index is 12.3. The van der Waals surface area contributed by atoms with Gasteiger partial charge in [0.05, 0.1) is 17.1 Å². The molecule has 1 aromatic carbocycles. The van der Waals surface area contributed by atoms with Crippen molar-refractivity contribution < 1.29 is 13.2 Å². The molecule has 0 aliphatic rings. The Morgan fingerprint density at radius 1 is 1.07 bits per heavy atom. The first kappa shape index (κ1) is 21.7. The van der Waals surface area contributed by atoms with Crippen molar-refractivity contribution in [1.82, 2.24) is 20.1 Å². The summed E-state index contributed by atoms with van der Waals surface area (Å²) >= 11 is 0. The van der Waals surface area contributed by atoms with E-state index in [-0.39, 0.29) is 12.3 Å². The third kappa shape index (κ3) is 6.00. The second-order valence-corrected chi connectivity index (χ2v) is 9.28. The first-order valence-electron chi connectivity index (χ1n) is 10.00. The van der Waals surface area contributed by atoms with Gasteiger partial charge in [0.15, 0.2) is 9.84 Å². The van der Waals surface area contributed by atoms with Crippen LogP contribution in [0.4, 0.5) is 0 Å². The molecule has 0 bridgehead atoms. The number of amides is 1. The van der Waals surface area contributed by atoms with E-state index in [1.165, 1.54) is 0 Å². The lowest BCUT2D eigenvalue weighted by Crippen LogP contribution is -2.31. The summed E-state index contributed by atoms with van der Waals surface area (Å²) in [6.45, 7) is 2.20. The molecule has 3 rings (SSSR count). The predicted molar refractivity (Wildman–Crippen MR) is 117 cm³/mol. The van der Waals surface area contributed by atoms with Crippen LogP contribution in [0.2, 0.25) is 0 Å². The maximum atomic E-state index is 12.3. The molecule has 0 saturated heterocycles. The van der Waals surface area contributed by atoms with Crippen molar-refractivity contribution in [2.45, 2.75) is 32.7 Å². The largest absolute Gasteiger partial charge is 0.351 e. The molecule has 30 heavy (non-hydrogen) atoms. The number of hydrogen-bond donors (Lipinski definition) is 1. The van der Waals surface area contributed by atoms with Crippen molar-refractivity contribution >= 4 is 15.7 Å². The molecule has 7 nitrogen and oxygen atoms in total. The summed E-state index contributed by atoms with van der Waals surface area (Å²) in [6, 6.07) is 13.4. The van der Waals surface area contributed by atoms with Gasteiger partial charge in [-0.05, 0) is 30.7 Å². The Labute approximate surface area is 177 Å². The van der Waals surface area contributed by atoms with Crippen LogP contribution < -0.4 is 5.32 Å². The molecule has 0 spiro atoms. The van der Waals surface area contributed by atoms with Gasteiger partial charge in [0.1, 0.15) is 5.75 Å². The molecule has 8 heteroatoms. The number of carbonyl (C=O) groups is 1. The number of aromatic nitrogens is 3. The van der Waals surface area contributed by atoms with Gasteiger partial charge in [0.2, 0.25) is 5.91 Å². The molecule has 2 aromatic heterocycles. The van der Waals surface area contributed by atoms with Crippen molar-refractivity contribution in [2.24, 2.45) is 0 Å². The van der Waals surface area contributed by atoms with Crippen LogP contribution in [0.3, 0.4) is 0 Å². The summed E-state index contributed by atoms with van der Waals surface area (Å²) in [7, 11) is -3.40. The fraction of sp³-hybridized carbons (Fsp3) is 0.318. The van der Waals surface area contributed by atoms with Gasteiger partial charge in [-0.1, -0.05) is 38.0 Å². The summed E-state index contributed by atoms with van der Waals surface area (Å²) in [5, 5.41) is 7.41. The van der Waals surface area contributed by atoms with E-state index in [9.17, 15) is 13.2 Å². The number of para-hydroxylation sites is 1. The zero-order chi connectivity index (χ0) is 21.4. The SMILES string of the molecule is CCCCCS(=O)(=O)CC(=O)NCc1cn(-c2ccccc2)nc1-c1ccncc1. The van der Waals surface area contributed by atoms with Gasteiger partial charge in [-0.2, -0.15) is 5.10 Å². The van der Waals surface area contributed by atoms with Gasteiger partial charge in [0, 0.05) is 36.3 Å². The molecule has 1 N–H and O–H groups in total. The second-order valence-electron chi connectivity index (χ2n) is 7.09. The van der Waals surface area contributed by atoms with Crippen LogP contribution in [0.25, 0.3) is 16.9 Å². The van der Waals surface area contributed by atoms with Crippen LogP contribution in [0.5, 0.6) is 0 Å². The average Bonchev–Trinajstić information content (AvgIpc) is 3.18. The van der Waals surface area contributed by atoms with Crippen molar-refractivity contribution in [3.8, 4) is 16.9 Å². The third-order valence-electron chi connectivity index (χ3n) is 4.65. The number of sulfone groups is 1. The Kier molecular flexibility index (Phi) is 7.35. The topological polar surface area (TPSA) is 94.0 Å². The van der Waals surface area contributed by atoms with Gasteiger partial charge >= 0.3 is 0 Å². The van der Waals surface area contributed by atoms with Crippen LogP contribution in [-0.2, 0) is 21.2 Å². The standard InChI is InChI=1S/C22H26N4O3S/c1-2-3-7-14-30(28,29)17-21(27)24-15-19-16-26(20-8-5-4-6-9-20)25-22(19)18-10-12-23-13-11-18/h4-6,8-13,16H,2-3,7,14-15,17H2,1H3,(H,24,27). The Hall–Kier alpha value is -3.00. The van der Waals surface area contributed by atoms with Crippen LogP contribution >= 0.6 is 0 Å². The van der Waals surface area contributed by atoms with E-state index in [0.717, 1.165) is 29.7 Å². The van der Waals surface area contributed by atoms with E-state index in [2.05, 4.69) is 15.4 Å². The predicted octanol–water partition coefficient (Wildman–Crippen LogP) is 3.16. The maximum Gasteiger partial charge on any atom is 0.235 e. The molecule has 0 aliphatic heterocycles. The summed E-state index contributed by atoms with van der Waals surface area (Å²) in [6.07, 6.45) is 7.58. The molecule has 0 aliphatic carbocycles. The number of carbonyl (C=O) groups excluding carboxylic acids is 1. The highest BCUT2D eigenvalue weighted by atomic mass is 32.2. The lowest BCUT2D eigenvalue weighted by Gasteiger charge is -2.07. The van der Waals surface area contributed by atoms with Crippen molar-refractivity contribution in [2.75, 3.05) is 11.5 Å². The first-order valence-corrected chi connectivity index (χ1v) is 11.8. The number of rotatable bonds is 10. The monoisotopic (exact) mass is 426 g/mol. The lowest BCUT2D eigenvalue weighted by atomic mass is 10.1. The van der Waals surface area contributed by atoms with Crippen LogP contribution in [0, 0.1) is 0 Å². The number of unbranched alkanes of at least 4 members (excludes halogenated alkanes) is 2. The number of pyridine rings is 1. The summed E-state index contributed by atoms with van der Waals surface area (Å²) in [5.74, 6) is -0.948. The van der Waals surface area contributed by atoms with Crippen molar-refractivity contribution in [1.29, 1.82) is 0 Å². The van der Waals surface area contributed by atoms with Gasteiger partial charge in [-0.15, -0.1) is 0 Å². The molecule has 1 amide bonds. The zero-order valence-corrected chi connectivity index (χ0v) is 17.8. The van der Waals surface area contributed by atoms with E-state index in [4.69, 9.17) is 0 Å². The number of hydrogen-bond acceptors (Lipinski definition) is 5. The molecule has 0 saturated carbocycles. The summed E-state index contributed by atoms with van der Waals surface area (Å²) in [5.41, 5.74) is 3.27. The van der Waals surface area contributed by atoms with E-state index in [1.807, 2.05) is 55.6 Å². The molecule has 2 heterocycles. The minimum atomic E-state index is -3.40. The fourth-order valence-corrected chi connectivity index (χ4v) is 4.38. The highest BCUT2D eigenvalue weighted by molar-refractivity contribution is 7.92. The van der Waals surface area contributed by atoms with E-state index in [1.54, 1.807) is 17.1 Å². The summed E-state index contributed by atoms with van der Waals surface area (Å²) in [4.78, 5) is 16.3. The molecule has 0 atom stereocenters. The molecule has 3 aromatic rings. The van der Waals surface area contributed by atoms with Gasteiger partial charge in [-0.25, -0.2) is 13.1 Å². The summed E-state index contributed by atoms with van der Waals surface area (Å²) < 4.78 is 26.0. The van der Waals surface area contributed by atoms with E-state index in [0.29, 0.717) is 12.1 Å². The van der Waals surface area contributed by atoms with Crippen LogP contribution in [-0.4, -0.2) is 40.6 Å². The average molecular weight is 427 g/mol. The quantitative estimate of drug-likeness (QED) is 0.503. The fourth-order valence-electron chi connectivity index (χ4n) is 3.09. The lowest BCUT2D eigenvalue weighted by molar-refractivity contribution is -0.118. The van der Waals surface area contributed by atoms with E-state index >= 15 is 0 Å². The highest BCUT2D eigenvalue weighted by Crippen LogP contribution is 2.23. The van der Waals surface area contributed by atoms with Crippen LogP contribution in [0.15, 0.2) is 61.1 Å². The van der Waals surface area contributed by atoms with Crippen molar-refractivity contribution in [3.63, 3.8) is 0 Å². The zero-order valence-electron chi connectivity index (χ0n) is 17.0. The van der Waals surface area contributed by atoms with E-state index < -0.39 is 21.5 Å². The molecule has 158 valence electrons. The molecular weight excluding hydrogens is 400 g/mol. The van der Waals surface area contributed by atoms with Crippen molar-refractivity contribution in [3.05, 3.63) is 66.6 Å². The molecular formula is C22H26N4O3S. The Morgan fingerprint density at radius 3 is 2.50 bits per heavy atom. The van der Waals surface area contributed by atoms with Crippen LogP contribution in [0.1, 0.15) is 31.7 Å². The minimum absolute atomic E-state index is 0.0441. The first-order chi connectivity index (χ1) is 14.5. The smallest absolute Gasteiger partial charge is 0.235 e. The van der Waals surface area contributed by atoms with Gasteiger partial charge in [0.25, 0.3) is 0 Å². The number of benzene rings is 1. The third-order valence-corrected chi connectivity index (χ3v) is 6.26. The minimum Gasteiger partial charge on any atom is -0.351 e. The molecule has 0 fully saturated rings. The molecule has 0 unspecified atom stereocenters.